The second-order valence-corrected chi connectivity index (χ2v) is 6.57. The quantitative estimate of drug-likeness (QED) is 0.913. The summed E-state index contributed by atoms with van der Waals surface area (Å²) in [6, 6.07) is 0. The van der Waals surface area contributed by atoms with Gasteiger partial charge in [0, 0.05) is 29.0 Å². The van der Waals surface area contributed by atoms with E-state index in [4.69, 9.17) is 5.11 Å². The summed E-state index contributed by atoms with van der Waals surface area (Å²) < 4.78 is 1.81. The molecule has 1 aliphatic carbocycles. The molecule has 5 heteroatoms. The van der Waals surface area contributed by atoms with Crippen LogP contribution in [0.3, 0.4) is 0 Å². The first-order valence-corrected chi connectivity index (χ1v) is 7.18. The van der Waals surface area contributed by atoms with Crippen molar-refractivity contribution in [3.63, 3.8) is 0 Å². The maximum atomic E-state index is 12.0. The number of hydrogen-bond acceptors (Lipinski definition) is 3. The minimum absolute atomic E-state index is 0.0377. The Morgan fingerprint density at radius 2 is 2.22 bits per heavy atom. The molecular formula is C13H19NO3S. The van der Waals surface area contributed by atoms with E-state index in [-0.39, 0.29) is 16.7 Å². The second kappa shape index (κ2) is 4.88. The molecule has 100 valence electrons. The summed E-state index contributed by atoms with van der Waals surface area (Å²) >= 11 is 1.34. The molecule has 1 N–H and O–H groups in total. The van der Waals surface area contributed by atoms with Gasteiger partial charge in [0.25, 0.3) is 0 Å². The van der Waals surface area contributed by atoms with Gasteiger partial charge in [-0.2, -0.15) is 0 Å². The minimum atomic E-state index is -0.800. The van der Waals surface area contributed by atoms with Crippen LogP contribution in [0.4, 0.5) is 0 Å². The number of hydrogen-bond donors (Lipinski definition) is 1. The number of carboxylic acids is 1. The Hall–Kier alpha value is -1.10. The van der Waals surface area contributed by atoms with Crippen molar-refractivity contribution >= 4 is 17.3 Å². The maximum Gasteiger partial charge on any atom is 0.307 e. The number of aryl methyl sites for hydroxylation is 1. The standard InChI is InChI=1S/C13H19NO3S/c1-13(2)7-3-5-9-11(13)14(12(17)18-9)8-4-6-10(15)16/h3-8H2,1-2H3,(H,15,16). The van der Waals surface area contributed by atoms with Gasteiger partial charge in [-0.1, -0.05) is 25.2 Å². The Balaban J connectivity index is 2.28. The molecule has 1 aliphatic rings. The molecule has 0 aromatic carbocycles. The summed E-state index contributed by atoms with van der Waals surface area (Å²) in [5, 5.41) is 8.67. The van der Waals surface area contributed by atoms with Crippen molar-refractivity contribution in [3.05, 3.63) is 20.2 Å². The van der Waals surface area contributed by atoms with Crippen molar-refractivity contribution < 1.29 is 9.90 Å². The van der Waals surface area contributed by atoms with Gasteiger partial charge in [0.2, 0.25) is 0 Å². The van der Waals surface area contributed by atoms with Gasteiger partial charge in [0.15, 0.2) is 0 Å². The first-order valence-electron chi connectivity index (χ1n) is 6.36. The van der Waals surface area contributed by atoms with Gasteiger partial charge in [0.1, 0.15) is 0 Å². The van der Waals surface area contributed by atoms with Crippen LogP contribution in [-0.2, 0) is 23.2 Å². The molecule has 18 heavy (non-hydrogen) atoms. The second-order valence-electron chi connectivity index (χ2n) is 5.53. The number of aliphatic carboxylic acids is 1. The van der Waals surface area contributed by atoms with Gasteiger partial charge in [-0.05, 0) is 25.7 Å². The number of aromatic nitrogens is 1. The van der Waals surface area contributed by atoms with Crippen LogP contribution >= 0.6 is 11.3 Å². The molecule has 1 aromatic heterocycles. The molecule has 0 aliphatic heterocycles. The molecule has 0 radical (unpaired) electrons. The molecule has 0 unspecified atom stereocenters. The molecule has 4 nitrogen and oxygen atoms in total. The van der Waals surface area contributed by atoms with E-state index in [0.717, 1.165) is 25.0 Å². The molecule has 2 rings (SSSR count). The van der Waals surface area contributed by atoms with Crippen LogP contribution in [0.25, 0.3) is 0 Å². The summed E-state index contributed by atoms with van der Waals surface area (Å²) in [5.74, 6) is -0.800. The zero-order valence-corrected chi connectivity index (χ0v) is 11.7. The largest absolute Gasteiger partial charge is 0.481 e. The predicted molar refractivity (Wildman–Crippen MR) is 71.4 cm³/mol. The van der Waals surface area contributed by atoms with Gasteiger partial charge in [-0.3, -0.25) is 9.59 Å². The average Bonchev–Trinajstić information content (AvgIpc) is 2.55. The highest BCUT2D eigenvalue weighted by Gasteiger charge is 2.32. The summed E-state index contributed by atoms with van der Waals surface area (Å²) in [5.41, 5.74) is 1.19. The third-order valence-electron chi connectivity index (χ3n) is 3.58. The summed E-state index contributed by atoms with van der Waals surface area (Å²) in [6.07, 6.45) is 3.86. The highest BCUT2D eigenvalue weighted by atomic mass is 32.1. The van der Waals surface area contributed by atoms with Crippen LogP contribution in [0.5, 0.6) is 0 Å². The van der Waals surface area contributed by atoms with E-state index in [9.17, 15) is 9.59 Å². The molecule has 0 fully saturated rings. The van der Waals surface area contributed by atoms with Crippen molar-refractivity contribution in [2.45, 2.75) is 57.9 Å². The van der Waals surface area contributed by atoms with E-state index >= 15 is 0 Å². The average molecular weight is 269 g/mol. The Labute approximate surface area is 110 Å². The van der Waals surface area contributed by atoms with Crippen LogP contribution in [0.2, 0.25) is 0 Å². The third-order valence-corrected chi connectivity index (χ3v) is 4.62. The maximum absolute atomic E-state index is 12.0. The molecule has 0 spiro atoms. The molecular weight excluding hydrogens is 250 g/mol. The fourth-order valence-corrected chi connectivity index (χ4v) is 4.00. The van der Waals surface area contributed by atoms with Gasteiger partial charge >= 0.3 is 10.8 Å². The van der Waals surface area contributed by atoms with E-state index in [0.29, 0.717) is 13.0 Å². The zero-order chi connectivity index (χ0) is 13.3. The summed E-state index contributed by atoms with van der Waals surface area (Å²) in [6.45, 7) is 4.87. The molecule has 0 saturated heterocycles. The van der Waals surface area contributed by atoms with Crippen molar-refractivity contribution in [1.29, 1.82) is 0 Å². The summed E-state index contributed by atoms with van der Waals surface area (Å²) in [4.78, 5) is 23.8. The van der Waals surface area contributed by atoms with Crippen molar-refractivity contribution in [2.24, 2.45) is 0 Å². The smallest absolute Gasteiger partial charge is 0.307 e. The van der Waals surface area contributed by atoms with Gasteiger partial charge in [-0.25, -0.2) is 0 Å². The number of rotatable bonds is 4. The highest BCUT2D eigenvalue weighted by Crippen LogP contribution is 2.37. The SMILES string of the molecule is CC1(C)CCCc2sc(=O)n(CCCC(=O)O)c21. The fraction of sp³-hybridized carbons (Fsp3) is 0.692. The Kier molecular flexibility index (Phi) is 3.61. The topological polar surface area (TPSA) is 59.3 Å². The lowest BCUT2D eigenvalue weighted by molar-refractivity contribution is -0.137. The van der Waals surface area contributed by atoms with Crippen LogP contribution in [0.1, 0.15) is 50.1 Å². The van der Waals surface area contributed by atoms with Crippen molar-refractivity contribution in [3.8, 4) is 0 Å². The molecule has 1 aromatic rings. The van der Waals surface area contributed by atoms with Crippen LogP contribution in [0, 0.1) is 0 Å². The van der Waals surface area contributed by atoms with E-state index in [1.54, 1.807) is 0 Å². The number of nitrogens with zero attached hydrogens (tertiary/aromatic N) is 1. The lowest BCUT2D eigenvalue weighted by atomic mass is 9.78. The lowest BCUT2D eigenvalue weighted by Gasteiger charge is -2.31. The van der Waals surface area contributed by atoms with Crippen LogP contribution < -0.4 is 4.87 Å². The fourth-order valence-electron chi connectivity index (χ4n) is 2.76. The monoisotopic (exact) mass is 269 g/mol. The molecule has 0 saturated carbocycles. The first kappa shape index (κ1) is 13.3. The van der Waals surface area contributed by atoms with Crippen molar-refractivity contribution in [2.75, 3.05) is 0 Å². The highest BCUT2D eigenvalue weighted by molar-refractivity contribution is 7.09. The minimum Gasteiger partial charge on any atom is -0.481 e. The Bertz CT molecular complexity index is 513. The van der Waals surface area contributed by atoms with E-state index in [2.05, 4.69) is 13.8 Å². The first-order chi connectivity index (χ1) is 8.42. The van der Waals surface area contributed by atoms with E-state index < -0.39 is 5.97 Å². The van der Waals surface area contributed by atoms with Gasteiger partial charge in [0.05, 0.1) is 0 Å². The van der Waals surface area contributed by atoms with Crippen molar-refractivity contribution in [1.82, 2.24) is 4.57 Å². The summed E-state index contributed by atoms with van der Waals surface area (Å²) in [7, 11) is 0. The Morgan fingerprint density at radius 3 is 2.89 bits per heavy atom. The molecule has 0 amide bonds. The molecule has 0 bridgehead atoms. The number of fused-ring (bicyclic) bond motifs is 1. The lowest BCUT2D eigenvalue weighted by Crippen LogP contribution is -2.29. The third kappa shape index (κ3) is 2.51. The van der Waals surface area contributed by atoms with Gasteiger partial charge < -0.3 is 9.67 Å². The molecule has 0 atom stereocenters. The normalized spacial score (nSPS) is 17.4. The van der Waals surface area contributed by atoms with E-state index in [1.807, 2.05) is 4.57 Å². The predicted octanol–water partition coefficient (Wildman–Crippen LogP) is 2.39. The molecule has 1 heterocycles. The van der Waals surface area contributed by atoms with Crippen LogP contribution in [0.15, 0.2) is 4.79 Å². The van der Waals surface area contributed by atoms with Crippen LogP contribution in [-0.4, -0.2) is 15.6 Å². The number of thiazole rings is 1. The van der Waals surface area contributed by atoms with Gasteiger partial charge in [-0.15, -0.1) is 0 Å². The number of carbonyl (C=O) groups is 1. The number of carboxylic acid groups (broad SMARTS) is 1. The van der Waals surface area contributed by atoms with E-state index in [1.165, 1.54) is 16.2 Å². The zero-order valence-electron chi connectivity index (χ0n) is 10.9. The Morgan fingerprint density at radius 1 is 1.50 bits per heavy atom.